The van der Waals surface area contributed by atoms with E-state index in [-0.39, 0.29) is 35.1 Å². The molecular weight excluding hydrogens is 290 g/mol. The zero-order valence-corrected chi connectivity index (χ0v) is 14.1. The quantitative estimate of drug-likeness (QED) is 0.794. The number of rotatable bonds is 3. The highest BCUT2D eigenvalue weighted by atomic mass is 32.2. The van der Waals surface area contributed by atoms with Crippen LogP contribution < -0.4 is 0 Å². The first-order valence-electron chi connectivity index (χ1n) is 7.72. The molecule has 21 heavy (non-hydrogen) atoms. The molecule has 4 atom stereocenters. The van der Waals surface area contributed by atoms with E-state index in [0.717, 1.165) is 19.3 Å². The van der Waals surface area contributed by atoms with Gasteiger partial charge in [-0.2, -0.15) is 0 Å². The monoisotopic (exact) mass is 315 g/mol. The van der Waals surface area contributed by atoms with Crippen LogP contribution in [0.15, 0.2) is 0 Å². The average molecular weight is 315 g/mol. The first-order valence-corrected chi connectivity index (χ1v) is 9.33. The minimum atomic E-state index is -3.50. The lowest BCUT2D eigenvalue weighted by Crippen LogP contribution is -2.46. The first-order chi connectivity index (χ1) is 9.67. The van der Waals surface area contributed by atoms with Gasteiger partial charge in [0.25, 0.3) is 0 Å². The largest absolute Gasteiger partial charge is 0.384 e. The van der Waals surface area contributed by atoms with Gasteiger partial charge in [-0.3, -0.25) is 4.79 Å². The molecule has 1 aliphatic heterocycles. The summed E-state index contributed by atoms with van der Waals surface area (Å²) in [6.07, 6.45) is 2.85. The van der Waals surface area contributed by atoms with Crippen LogP contribution in [0, 0.1) is 22.7 Å². The summed E-state index contributed by atoms with van der Waals surface area (Å²) in [6, 6.07) is -0.136. The maximum absolute atomic E-state index is 12.7. The molecule has 0 aromatic heterocycles. The van der Waals surface area contributed by atoms with Crippen molar-refractivity contribution in [3.8, 4) is 0 Å². The van der Waals surface area contributed by atoms with Gasteiger partial charge in [0.2, 0.25) is 15.9 Å². The number of sulfonamides is 1. The summed E-state index contributed by atoms with van der Waals surface area (Å²) in [4.78, 5) is 12.6. The fourth-order valence-corrected chi connectivity index (χ4v) is 7.75. The summed E-state index contributed by atoms with van der Waals surface area (Å²) in [5, 5.41) is 0. The van der Waals surface area contributed by atoms with Gasteiger partial charge in [0.05, 0.1) is 24.3 Å². The van der Waals surface area contributed by atoms with E-state index >= 15 is 0 Å². The third kappa shape index (κ3) is 1.78. The molecule has 1 spiro atoms. The molecule has 120 valence electrons. The number of amides is 1. The Balaban J connectivity index is 1.99. The van der Waals surface area contributed by atoms with E-state index in [1.807, 2.05) is 0 Å². The summed E-state index contributed by atoms with van der Waals surface area (Å²) in [5.41, 5.74) is -0.233. The summed E-state index contributed by atoms with van der Waals surface area (Å²) < 4.78 is 31.6. The molecule has 6 heteroatoms. The Labute approximate surface area is 127 Å². The standard InChI is InChI=1S/C15H25NO4S/c1-10(8-20-4)13(17)16-12-7-11-5-6-15(12,14(11,2)3)9-21(16,18)19/h10-12H,5-9H2,1-4H3/t10-,11+,12+,15+/m0/s1. The zero-order valence-electron chi connectivity index (χ0n) is 13.3. The lowest BCUT2D eigenvalue weighted by Gasteiger charge is -2.37. The molecule has 5 nitrogen and oxygen atoms in total. The number of carbonyl (C=O) groups excluding carboxylic acids is 1. The molecule has 0 unspecified atom stereocenters. The molecule has 2 aliphatic carbocycles. The number of nitrogens with zero attached hydrogens (tertiary/aromatic N) is 1. The molecule has 0 radical (unpaired) electrons. The summed E-state index contributed by atoms with van der Waals surface area (Å²) >= 11 is 0. The van der Waals surface area contributed by atoms with Gasteiger partial charge in [0.15, 0.2) is 0 Å². The van der Waals surface area contributed by atoms with Gasteiger partial charge in [-0.25, -0.2) is 12.7 Å². The Kier molecular flexibility index (Phi) is 3.23. The molecule has 0 N–H and O–H groups in total. The maximum atomic E-state index is 12.7. The van der Waals surface area contributed by atoms with Crippen LogP contribution in [0.5, 0.6) is 0 Å². The van der Waals surface area contributed by atoms with Crippen LogP contribution in [0.1, 0.15) is 40.0 Å². The van der Waals surface area contributed by atoms with Crippen molar-refractivity contribution in [2.24, 2.45) is 22.7 Å². The van der Waals surface area contributed by atoms with Gasteiger partial charge >= 0.3 is 0 Å². The van der Waals surface area contributed by atoms with Crippen molar-refractivity contribution in [3.05, 3.63) is 0 Å². The van der Waals surface area contributed by atoms with Crippen molar-refractivity contribution in [3.63, 3.8) is 0 Å². The second kappa shape index (κ2) is 4.44. The van der Waals surface area contributed by atoms with Gasteiger partial charge in [-0.15, -0.1) is 0 Å². The average Bonchev–Trinajstić information content (AvgIpc) is 2.85. The molecule has 0 aromatic rings. The van der Waals surface area contributed by atoms with Crippen molar-refractivity contribution in [2.45, 2.75) is 46.1 Å². The zero-order chi connectivity index (χ0) is 15.6. The minimum Gasteiger partial charge on any atom is -0.384 e. The Morgan fingerprint density at radius 2 is 2.10 bits per heavy atom. The van der Waals surface area contributed by atoms with E-state index in [0.29, 0.717) is 5.92 Å². The predicted octanol–water partition coefficient (Wildman–Crippen LogP) is 1.64. The smallest absolute Gasteiger partial charge is 0.241 e. The van der Waals surface area contributed by atoms with E-state index in [4.69, 9.17) is 4.74 Å². The van der Waals surface area contributed by atoms with E-state index in [9.17, 15) is 13.2 Å². The number of fused-ring (bicyclic) bond motifs is 1. The van der Waals surface area contributed by atoms with Crippen molar-refractivity contribution < 1.29 is 17.9 Å². The molecule has 1 heterocycles. The lowest BCUT2D eigenvalue weighted by atomic mass is 9.69. The van der Waals surface area contributed by atoms with Crippen LogP contribution in [-0.4, -0.2) is 44.1 Å². The summed E-state index contributed by atoms with van der Waals surface area (Å²) in [7, 11) is -1.96. The second-order valence-corrected chi connectivity index (χ2v) is 9.46. The van der Waals surface area contributed by atoms with Crippen LogP contribution in [0.25, 0.3) is 0 Å². The van der Waals surface area contributed by atoms with Gasteiger partial charge in [-0.1, -0.05) is 20.8 Å². The predicted molar refractivity (Wildman–Crippen MR) is 79.0 cm³/mol. The van der Waals surface area contributed by atoms with Gasteiger partial charge < -0.3 is 4.74 Å². The Bertz CT molecular complexity index is 570. The van der Waals surface area contributed by atoms with Crippen molar-refractivity contribution >= 4 is 15.9 Å². The van der Waals surface area contributed by atoms with E-state index in [1.54, 1.807) is 6.92 Å². The number of carbonyl (C=O) groups is 1. The van der Waals surface area contributed by atoms with Crippen LogP contribution in [0.3, 0.4) is 0 Å². The summed E-state index contributed by atoms with van der Waals surface area (Å²) in [5.74, 6) is -0.0325. The number of hydrogen-bond donors (Lipinski definition) is 0. The van der Waals surface area contributed by atoms with E-state index in [1.165, 1.54) is 11.4 Å². The second-order valence-electron chi connectivity index (χ2n) is 7.61. The van der Waals surface area contributed by atoms with Gasteiger partial charge in [0, 0.05) is 12.5 Å². The molecule has 2 bridgehead atoms. The number of methoxy groups -OCH3 is 1. The van der Waals surface area contributed by atoms with Crippen LogP contribution in [-0.2, 0) is 19.6 Å². The lowest BCUT2D eigenvalue weighted by molar-refractivity contribution is -0.134. The topological polar surface area (TPSA) is 63.7 Å². The highest BCUT2D eigenvalue weighted by Crippen LogP contribution is 2.70. The van der Waals surface area contributed by atoms with E-state index < -0.39 is 15.9 Å². The van der Waals surface area contributed by atoms with Crippen molar-refractivity contribution in [1.29, 1.82) is 0 Å². The fourth-order valence-electron chi connectivity index (χ4n) is 5.12. The Hall–Kier alpha value is -0.620. The normalized spacial score (nSPS) is 40.3. The first kappa shape index (κ1) is 15.3. The molecule has 3 fully saturated rings. The SMILES string of the molecule is COC[C@H](C)C(=O)N1[C@@H]2C[C@H]3CC[C@]2(CS1(=O)=O)C3(C)C. The van der Waals surface area contributed by atoms with E-state index in [2.05, 4.69) is 13.8 Å². The molecule has 0 aromatic carbocycles. The highest BCUT2D eigenvalue weighted by molar-refractivity contribution is 7.90. The van der Waals surface area contributed by atoms with Gasteiger partial charge in [-0.05, 0) is 30.6 Å². The molecule has 1 saturated heterocycles. The molecule has 1 amide bonds. The summed E-state index contributed by atoms with van der Waals surface area (Å²) in [6.45, 7) is 6.38. The van der Waals surface area contributed by atoms with Gasteiger partial charge in [0.1, 0.15) is 0 Å². The molecular formula is C15H25NO4S. The number of ether oxygens (including phenoxy) is 1. The molecule has 2 saturated carbocycles. The Morgan fingerprint density at radius 1 is 1.43 bits per heavy atom. The van der Waals surface area contributed by atoms with Crippen LogP contribution >= 0.6 is 0 Å². The highest BCUT2D eigenvalue weighted by Gasteiger charge is 2.72. The molecule has 3 rings (SSSR count). The van der Waals surface area contributed by atoms with Crippen molar-refractivity contribution in [1.82, 2.24) is 4.31 Å². The third-order valence-electron chi connectivity index (χ3n) is 6.47. The maximum Gasteiger partial charge on any atom is 0.241 e. The number of hydrogen-bond acceptors (Lipinski definition) is 4. The van der Waals surface area contributed by atoms with Crippen molar-refractivity contribution in [2.75, 3.05) is 19.5 Å². The molecule has 3 aliphatic rings. The third-order valence-corrected chi connectivity index (χ3v) is 8.38. The van der Waals surface area contributed by atoms with Crippen LogP contribution in [0.4, 0.5) is 0 Å². The van der Waals surface area contributed by atoms with Crippen LogP contribution in [0.2, 0.25) is 0 Å². The Morgan fingerprint density at radius 3 is 2.67 bits per heavy atom. The minimum absolute atomic E-state index is 0.00423. The fraction of sp³-hybridized carbons (Fsp3) is 0.933.